The van der Waals surface area contributed by atoms with E-state index in [0.29, 0.717) is 0 Å². The fourth-order valence-corrected chi connectivity index (χ4v) is 3.52. The Labute approximate surface area is 119 Å². The molecule has 2 N–H and O–H groups in total. The molecule has 0 aromatic heterocycles. The van der Waals surface area contributed by atoms with E-state index in [1.807, 2.05) is 6.07 Å². The number of sulfonamides is 1. The maximum Gasteiger partial charge on any atom is 0.238 e. The van der Waals surface area contributed by atoms with Crippen LogP contribution in [0.5, 0.6) is 0 Å². The molecule has 1 aromatic carbocycles. The first-order valence-corrected chi connectivity index (χ1v) is 8.61. The number of fused-ring (bicyclic) bond motifs is 1. The Morgan fingerprint density at radius 1 is 1.35 bits per heavy atom. The third-order valence-electron chi connectivity index (χ3n) is 4.08. The molecule has 0 aliphatic carbocycles. The van der Waals surface area contributed by atoms with Crippen LogP contribution < -0.4 is 10.0 Å². The van der Waals surface area contributed by atoms with Gasteiger partial charge in [0, 0.05) is 25.4 Å². The Kier molecular flexibility index (Phi) is 3.70. The number of ether oxygens (including phenoxy) is 1. The molecule has 110 valence electrons. The molecular formula is C14H20N2O3S. The summed E-state index contributed by atoms with van der Waals surface area (Å²) in [5, 5.41) is 5.21. The van der Waals surface area contributed by atoms with Crippen molar-refractivity contribution >= 4 is 15.7 Å². The molecule has 1 fully saturated rings. The van der Waals surface area contributed by atoms with Gasteiger partial charge < -0.3 is 9.64 Å². The first kappa shape index (κ1) is 13.9. The molecule has 0 unspecified atom stereocenters. The Morgan fingerprint density at radius 2 is 2.20 bits per heavy atom. The summed E-state index contributed by atoms with van der Waals surface area (Å²) in [5.74, 6) is 0. The molecule has 0 bridgehead atoms. The molecule has 0 amide bonds. The summed E-state index contributed by atoms with van der Waals surface area (Å²) in [4.78, 5) is 2.41. The van der Waals surface area contributed by atoms with E-state index in [4.69, 9.17) is 9.88 Å². The van der Waals surface area contributed by atoms with Gasteiger partial charge in [0.05, 0.1) is 11.0 Å². The van der Waals surface area contributed by atoms with Gasteiger partial charge >= 0.3 is 0 Å². The van der Waals surface area contributed by atoms with Gasteiger partial charge in [-0.15, -0.1) is 0 Å². The van der Waals surface area contributed by atoms with Crippen LogP contribution in [-0.4, -0.2) is 34.2 Å². The van der Waals surface area contributed by atoms with E-state index < -0.39 is 10.0 Å². The molecule has 6 heteroatoms. The molecule has 0 spiro atoms. The summed E-state index contributed by atoms with van der Waals surface area (Å²) >= 11 is 0. The highest BCUT2D eigenvalue weighted by molar-refractivity contribution is 7.89. The SMILES string of the molecule is NS(=O)(=O)c1ccc2c(c1)N(C[C@H]1CCCCO1)CC2. The van der Waals surface area contributed by atoms with Gasteiger partial charge in [-0.25, -0.2) is 13.6 Å². The van der Waals surface area contributed by atoms with Gasteiger partial charge in [-0.1, -0.05) is 6.07 Å². The number of anilines is 1. The second-order valence-electron chi connectivity index (χ2n) is 5.52. The van der Waals surface area contributed by atoms with E-state index in [1.165, 1.54) is 12.0 Å². The van der Waals surface area contributed by atoms with Crippen molar-refractivity contribution in [3.8, 4) is 0 Å². The van der Waals surface area contributed by atoms with Crippen LogP contribution in [0.3, 0.4) is 0 Å². The van der Waals surface area contributed by atoms with Crippen molar-refractivity contribution in [1.82, 2.24) is 0 Å². The molecule has 0 saturated carbocycles. The minimum absolute atomic E-state index is 0.188. The minimum atomic E-state index is -3.64. The zero-order chi connectivity index (χ0) is 14.2. The van der Waals surface area contributed by atoms with Crippen LogP contribution in [0, 0.1) is 0 Å². The van der Waals surface area contributed by atoms with Crippen molar-refractivity contribution in [2.24, 2.45) is 5.14 Å². The highest BCUT2D eigenvalue weighted by Crippen LogP contribution is 2.31. The van der Waals surface area contributed by atoms with Crippen LogP contribution in [-0.2, 0) is 21.2 Å². The fraction of sp³-hybridized carbons (Fsp3) is 0.571. The van der Waals surface area contributed by atoms with Crippen molar-refractivity contribution in [3.05, 3.63) is 23.8 Å². The monoisotopic (exact) mass is 296 g/mol. The van der Waals surface area contributed by atoms with E-state index in [-0.39, 0.29) is 11.0 Å². The lowest BCUT2D eigenvalue weighted by molar-refractivity contribution is 0.0212. The van der Waals surface area contributed by atoms with E-state index in [9.17, 15) is 8.42 Å². The second-order valence-corrected chi connectivity index (χ2v) is 7.08. The maximum absolute atomic E-state index is 11.5. The van der Waals surface area contributed by atoms with Gasteiger partial charge in [0.1, 0.15) is 0 Å². The lowest BCUT2D eigenvalue weighted by atomic mass is 10.1. The van der Waals surface area contributed by atoms with Crippen LogP contribution in [0.1, 0.15) is 24.8 Å². The summed E-state index contributed by atoms with van der Waals surface area (Å²) in [5.41, 5.74) is 2.18. The molecule has 20 heavy (non-hydrogen) atoms. The summed E-state index contributed by atoms with van der Waals surface area (Å²) in [6, 6.07) is 5.16. The van der Waals surface area contributed by atoms with Crippen LogP contribution >= 0.6 is 0 Å². The van der Waals surface area contributed by atoms with E-state index in [2.05, 4.69) is 4.90 Å². The van der Waals surface area contributed by atoms with Crippen LogP contribution in [0.4, 0.5) is 5.69 Å². The van der Waals surface area contributed by atoms with Gasteiger partial charge in [-0.2, -0.15) is 0 Å². The number of benzene rings is 1. The molecule has 2 aliphatic heterocycles. The van der Waals surface area contributed by atoms with Gasteiger partial charge in [-0.3, -0.25) is 0 Å². The van der Waals surface area contributed by atoms with Gasteiger partial charge in [0.15, 0.2) is 0 Å². The first-order valence-electron chi connectivity index (χ1n) is 7.06. The molecule has 0 radical (unpaired) electrons. The molecule has 5 nitrogen and oxygen atoms in total. The number of nitrogens with zero attached hydrogens (tertiary/aromatic N) is 1. The molecular weight excluding hydrogens is 276 g/mol. The van der Waals surface area contributed by atoms with Crippen molar-refractivity contribution in [2.45, 2.75) is 36.7 Å². The normalized spacial score (nSPS) is 22.9. The highest BCUT2D eigenvalue weighted by Gasteiger charge is 2.25. The van der Waals surface area contributed by atoms with Crippen LogP contribution in [0.2, 0.25) is 0 Å². The zero-order valence-electron chi connectivity index (χ0n) is 11.4. The molecule has 2 aliphatic rings. The standard InChI is InChI=1S/C14H20N2O3S/c15-20(17,18)13-5-4-11-6-7-16(14(11)9-13)10-12-3-1-2-8-19-12/h4-5,9,12H,1-3,6-8,10H2,(H2,15,17,18)/t12-/m1/s1. The van der Waals surface area contributed by atoms with Gasteiger partial charge in [0.25, 0.3) is 0 Å². The Balaban J connectivity index is 1.81. The van der Waals surface area contributed by atoms with E-state index in [0.717, 1.165) is 44.6 Å². The van der Waals surface area contributed by atoms with Crippen LogP contribution in [0.15, 0.2) is 23.1 Å². The van der Waals surface area contributed by atoms with Crippen molar-refractivity contribution in [1.29, 1.82) is 0 Å². The average molecular weight is 296 g/mol. The van der Waals surface area contributed by atoms with Gasteiger partial charge in [0.2, 0.25) is 10.0 Å². The minimum Gasteiger partial charge on any atom is -0.376 e. The average Bonchev–Trinajstić information content (AvgIpc) is 2.82. The molecule has 2 heterocycles. The largest absolute Gasteiger partial charge is 0.376 e. The Morgan fingerprint density at radius 3 is 2.90 bits per heavy atom. The zero-order valence-corrected chi connectivity index (χ0v) is 12.2. The molecule has 1 atom stereocenters. The number of primary sulfonamides is 1. The van der Waals surface area contributed by atoms with Crippen molar-refractivity contribution in [3.63, 3.8) is 0 Å². The Hall–Kier alpha value is -1.11. The number of rotatable bonds is 3. The first-order chi connectivity index (χ1) is 9.54. The number of nitrogens with two attached hydrogens (primary N) is 1. The lowest BCUT2D eigenvalue weighted by Gasteiger charge is -2.29. The van der Waals surface area contributed by atoms with E-state index >= 15 is 0 Å². The topological polar surface area (TPSA) is 72.6 Å². The van der Waals surface area contributed by atoms with Crippen molar-refractivity contribution < 1.29 is 13.2 Å². The summed E-state index contributed by atoms with van der Waals surface area (Å²) < 4.78 is 28.7. The molecule has 3 rings (SSSR count). The lowest BCUT2D eigenvalue weighted by Crippen LogP contribution is -2.34. The molecule has 1 saturated heterocycles. The fourth-order valence-electron chi connectivity index (χ4n) is 2.99. The maximum atomic E-state index is 11.5. The van der Waals surface area contributed by atoms with Gasteiger partial charge in [-0.05, 0) is 43.4 Å². The molecule has 1 aromatic rings. The van der Waals surface area contributed by atoms with Crippen LogP contribution in [0.25, 0.3) is 0 Å². The number of hydrogen-bond donors (Lipinski definition) is 1. The summed E-state index contributed by atoms with van der Waals surface area (Å²) in [6.45, 7) is 2.59. The summed E-state index contributed by atoms with van der Waals surface area (Å²) in [6.07, 6.45) is 4.65. The number of hydrogen-bond acceptors (Lipinski definition) is 4. The summed E-state index contributed by atoms with van der Waals surface area (Å²) in [7, 11) is -3.64. The third-order valence-corrected chi connectivity index (χ3v) is 4.99. The van der Waals surface area contributed by atoms with Crippen molar-refractivity contribution in [2.75, 3.05) is 24.6 Å². The Bertz CT molecular complexity index is 594. The predicted octanol–water partition coefficient (Wildman–Crippen LogP) is 1.27. The predicted molar refractivity (Wildman–Crippen MR) is 77.3 cm³/mol. The highest BCUT2D eigenvalue weighted by atomic mass is 32.2. The van der Waals surface area contributed by atoms with E-state index in [1.54, 1.807) is 12.1 Å². The second kappa shape index (κ2) is 5.35. The third kappa shape index (κ3) is 2.82. The quantitative estimate of drug-likeness (QED) is 0.911. The smallest absolute Gasteiger partial charge is 0.238 e.